The lowest BCUT2D eigenvalue weighted by Crippen LogP contribution is -2.58. The van der Waals surface area contributed by atoms with Gasteiger partial charge in [0.05, 0.1) is 23.6 Å². The first kappa shape index (κ1) is 13.8. The molecule has 0 radical (unpaired) electrons. The van der Waals surface area contributed by atoms with Gasteiger partial charge in [0.15, 0.2) is 0 Å². The number of rotatable bonds is 3. The molecule has 4 nitrogen and oxygen atoms in total. The average molecular weight is 308 g/mol. The third-order valence-corrected chi connectivity index (χ3v) is 4.12. The van der Waals surface area contributed by atoms with Crippen molar-refractivity contribution in [1.29, 1.82) is 0 Å². The Hall–Kier alpha value is -0.270. The van der Waals surface area contributed by atoms with Crippen LogP contribution >= 0.6 is 15.9 Å². The Morgan fingerprint density at radius 1 is 1.38 bits per heavy atom. The summed E-state index contributed by atoms with van der Waals surface area (Å²) in [5, 5.41) is 0. The van der Waals surface area contributed by atoms with E-state index in [9.17, 15) is 4.21 Å². The average Bonchev–Trinajstić information content (AvgIpc) is 2.16. The summed E-state index contributed by atoms with van der Waals surface area (Å²) in [6, 6.07) is 7.45. The first-order chi connectivity index (χ1) is 7.09. The number of halogens is 1. The highest BCUT2D eigenvalue weighted by Crippen LogP contribution is 2.19. The zero-order chi connectivity index (χ0) is 10.9. The molecule has 1 atom stereocenters. The summed E-state index contributed by atoms with van der Waals surface area (Å²) >= 11 is 3.34. The summed E-state index contributed by atoms with van der Waals surface area (Å²) in [5.74, 6) is 0. The van der Waals surface area contributed by atoms with Crippen molar-refractivity contribution < 1.29 is 14.4 Å². The van der Waals surface area contributed by atoms with E-state index in [-0.39, 0.29) is 11.0 Å². The molecule has 16 heavy (non-hydrogen) atoms. The molecule has 1 aromatic carbocycles. The highest BCUT2D eigenvalue weighted by atomic mass is 79.9. The largest absolute Gasteiger partial charge is 0.412 e. The Morgan fingerprint density at radius 3 is 2.38 bits per heavy atom. The molecule has 1 aliphatic heterocycles. The van der Waals surface area contributed by atoms with Crippen molar-refractivity contribution in [3.8, 4) is 0 Å². The summed E-state index contributed by atoms with van der Waals surface area (Å²) < 4.78 is 21.0. The van der Waals surface area contributed by atoms with Crippen LogP contribution in [0.5, 0.6) is 0 Å². The van der Waals surface area contributed by atoms with Crippen LogP contribution in [0.4, 0.5) is 0 Å². The van der Waals surface area contributed by atoms with Crippen LogP contribution in [0.1, 0.15) is 6.92 Å². The maximum absolute atomic E-state index is 11.9. The molecule has 90 valence electrons. The molecule has 3 N–H and O–H groups in total. The van der Waals surface area contributed by atoms with Crippen molar-refractivity contribution >= 4 is 26.9 Å². The second-order valence-electron chi connectivity index (χ2n) is 3.88. The number of hydrogen-bond acceptors (Lipinski definition) is 2. The van der Waals surface area contributed by atoms with Crippen LogP contribution in [-0.4, -0.2) is 28.4 Å². The Bertz CT molecular complexity index is 378. The van der Waals surface area contributed by atoms with Gasteiger partial charge in [0.1, 0.15) is 11.0 Å². The number of benzene rings is 1. The van der Waals surface area contributed by atoms with E-state index in [2.05, 4.69) is 20.7 Å². The molecule has 6 heteroatoms. The van der Waals surface area contributed by atoms with E-state index in [0.717, 1.165) is 9.37 Å². The third kappa shape index (κ3) is 3.11. The number of hydrogen-bond donors (Lipinski definition) is 1. The number of nitrogens with one attached hydrogen (secondary N) is 1. The first-order valence-electron chi connectivity index (χ1n) is 4.62. The molecule has 1 unspecified atom stereocenters. The summed E-state index contributed by atoms with van der Waals surface area (Å²) in [6.07, 6.45) is 0. The smallest absolute Gasteiger partial charge is 0.125 e. The minimum Gasteiger partial charge on any atom is -0.412 e. The Labute approximate surface area is 105 Å². The predicted molar refractivity (Wildman–Crippen MR) is 66.5 cm³/mol. The van der Waals surface area contributed by atoms with Crippen molar-refractivity contribution in [3.63, 3.8) is 0 Å². The van der Waals surface area contributed by atoms with Crippen molar-refractivity contribution in [2.75, 3.05) is 13.2 Å². The number of ether oxygens (including phenoxy) is 1. The zero-order valence-electron chi connectivity index (χ0n) is 8.83. The molecule has 0 spiro atoms. The summed E-state index contributed by atoms with van der Waals surface area (Å²) in [4.78, 5) is 0.784. The standard InChI is InChI=1S/C10H12BrNO2S.H2O/c1-10(6-14-7-10)12-15(13)9-4-2-8(11)3-5-9;/h2-5,12H,6-7H2,1H3;1H2. The van der Waals surface area contributed by atoms with E-state index in [1.54, 1.807) is 0 Å². The molecule has 1 aliphatic rings. The summed E-state index contributed by atoms with van der Waals surface area (Å²) in [6.45, 7) is 3.25. The normalized spacial score (nSPS) is 19.4. The quantitative estimate of drug-likeness (QED) is 0.906. The zero-order valence-corrected chi connectivity index (χ0v) is 11.2. The molecule has 1 fully saturated rings. The van der Waals surface area contributed by atoms with Crippen molar-refractivity contribution in [2.45, 2.75) is 17.4 Å². The van der Waals surface area contributed by atoms with Gasteiger partial charge in [-0.15, -0.1) is 0 Å². The SMILES string of the molecule is CC1(NS(=O)c2ccc(Br)cc2)COC1.O. The fourth-order valence-electron chi connectivity index (χ4n) is 1.31. The Kier molecular flexibility index (Phi) is 4.63. The van der Waals surface area contributed by atoms with Gasteiger partial charge >= 0.3 is 0 Å². The van der Waals surface area contributed by atoms with Gasteiger partial charge in [-0.3, -0.25) is 0 Å². The molecule has 0 aromatic heterocycles. The van der Waals surface area contributed by atoms with Gasteiger partial charge in [0.25, 0.3) is 0 Å². The van der Waals surface area contributed by atoms with E-state index in [0.29, 0.717) is 13.2 Å². The molecular formula is C10H14BrNO3S. The Morgan fingerprint density at radius 2 is 1.94 bits per heavy atom. The minimum absolute atomic E-state index is 0. The van der Waals surface area contributed by atoms with Crippen LogP contribution in [0.25, 0.3) is 0 Å². The lowest BCUT2D eigenvalue weighted by molar-refractivity contribution is -0.0517. The van der Waals surface area contributed by atoms with E-state index < -0.39 is 11.0 Å². The maximum Gasteiger partial charge on any atom is 0.125 e. The van der Waals surface area contributed by atoms with Gasteiger partial charge in [0.2, 0.25) is 0 Å². The van der Waals surface area contributed by atoms with E-state index in [4.69, 9.17) is 4.74 Å². The second-order valence-corrected chi connectivity index (χ2v) is 6.01. The first-order valence-corrected chi connectivity index (χ1v) is 6.56. The molecule has 2 rings (SSSR count). The lowest BCUT2D eigenvalue weighted by atomic mass is 10.0. The fourth-order valence-corrected chi connectivity index (χ4v) is 2.64. The highest BCUT2D eigenvalue weighted by Gasteiger charge is 2.34. The van der Waals surface area contributed by atoms with Gasteiger partial charge in [-0.2, -0.15) is 0 Å². The van der Waals surface area contributed by atoms with Crippen molar-refractivity contribution in [3.05, 3.63) is 28.7 Å². The van der Waals surface area contributed by atoms with Crippen LogP contribution in [0.3, 0.4) is 0 Å². The monoisotopic (exact) mass is 307 g/mol. The molecule has 0 bridgehead atoms. The molecule has 1 aromatic rings. The van der Waals surface area contributed by atoms with Crippen LogP contribution in [0.15, 0.2) is 33.6 Å². The molecule has 0 saturated carbocycles. The second kappa shape index (κ2) is 5.37. The highest BCUT2D eigenvalue weighted by molar-refractivity contribution is 9.10. The van der Waals surface area contributed by atoms with Crippen molar-refractivity contribution in [2.24, 2.45) is 0 Å². The lowest BCUT2D eigenvalue weighted by Gasteiger charge is -2.38. The van der Waals surface area contributed by atoms with Crippen molar-refractivity contribution in [1.82, 2.24) is 4.72 Å². The Balaban J connectivity index is 0.00000128. The molecule has 1 heterocycles. The molecule has 1 saturated heterocycles. The minimum atomic E-state index is -1.16. The maximum atomic E-state index is 11.9. The topological polar surface area (TPSA) is 69.8 Å². The van der Waals surface area contributed by atoms with E-state index >= 15 is 0 Å². The summed E-state index contributed by atoms with van der Waals surface area (Å²) in [7, 11) is -1.16. The van der Waals surface area contributed by atoms with E-state index in [1.807, 2.05) is 31.2 Å². The van der Waals surface area contributed by atoms with Crippen LogP contribution in [0.2, 0.25) is 0 Å². The van der Waals surface area contributed by atoms with Gasteiger partial charge < -0.3 is 10.2 Å². The molecule has 0 aliphatic carbocycles. The van der Waals surface area contributed by atoms with Gasteiger partial charge in [-0.25, -0.2) is 8.93 Å². The van der Waals surface area contributed by atoms with Crippen LogP contribution in [0, 0.1) is 0 Å². The van der Waals surface area contributed by atoms with Gasteiger partial charge in [-0.05, 0) is 31.2 Å². The summed E-state index contributed by atoms with van der Waals surface area (Å²) in [5.41, 5.74) is -0.141. The molecular weight excluding hydrogens is 294 g/mol. The third-order valence-electron chi connectivity index (χ3n) is 2.21. The fraction of sp³-hybridized carbons (Fsp3) is 0.400. The van der Waals surface area contributed by atoms with Gasteiger partial charge in [-0.1, -0.05) is 15.9 Å². The van der Waals surface area contributed by atoms with E-state index in [1.165, 1.54) is 0 Å². The predicted octanol–water partition coefficient (Wildman–Crippen LogP) is 1.03. The van der Waals surface area contributed by atoms with Gasteiger partial charge in [0, 0.05) is 4.47 Å². The molecule has 0 amide bonds. The van der Waals surface area contributed by atoms with Crippen LogP contribution in [-0.2, 0) is 15.7 Å². The van der Waals surface area contributed by atoms with Crippen LogP contribution < -0.4 is 4.72 Å².